The zero-order chi connectivity index (χ0) is 19.8. The van der Waals surface area contributed by atoms with Gasteiger partial charge in [-0.25, -0.2) is 0 Å². The van der Waals surface area contributed by atoms with Crippen LogP contribution in [-0.2, 0) is 16.1 Å². The number of nitrogens with zero attached hydrogens (tertiary/aromatic N) is 2. The summed E-state index contributed by atoms with van der Waals surface area (Å²) in [5, 5.41) is 9.13. The Morgan fingerprint density at radius 2 is 1.89 bits per heavy atom. The third kappa shape index (κ3) is 5.97. The number of rotatable bonds is 7. The van der Waals surface area contributed by atoms with Gasteiger partial charge in [0.05, 0.1) is 25.7 Å². The van der Waals surface area contributed by atoms with Gasteiger partial charge in [-0.2, -0.15) is 0 Å². The molecule has 7 nitrogen and oxygen atoms in total. The van der Waals surface area contributed by atoms with E-state index < -0.39 is 0 Å². The van der Waals surface area contributed by atoms with Gasteiger partial charge in [-0.1, -0.05) is 49.6 Å². The van der Waals surface area contributed by atoms with Gasteiger partial charge in [-0.3, -0.25) is 14.6 Å². The minimum atomic E-state index is -0.216. The van der Waals surface area contributed by atoms with Crippen molar-refractivity contribution >= 4 is 17.8 Å². The van der Waals surface area contributed by atoms with E-state index in [0.717, 1.165) is 12.1 Å². The monoisotopic (exact) mass is 385 g/mol. The molecule has 1 aliphatic heterocycles. The van der Waals surface area contributed by atoms with E-state index >= 15 is 0 Å². The molecule has 3 rings (SSSR count). The molecule has 1 aliphatic carbocycles. The van der Waals surface area contributed by atoms with Crippen LogP contribution in [0.15, 0.2) is 35.3 Å². The minimum absolute atomic E-state index is 0.00551. The van der Waals surface area contributed by atoms with Crippen molar-refractivity contribution in [1.82, 2.24) is 20.9 Å². The lowest BCUT2D eigenvalue weighted by atomic mass is 9.84. The van der Waals surface area contributed by atoms with Crippen LogP contribution < -0.4 is 16.0 Å². The van der Waals surface area contributed by atoms with Crippen molar-refractivity contribution in [3.8, 4) is 0 Å². The molecule has 3 N–H and O–H groups in total. The first-order valence-electron chi connectivity index (χ1n) is 10.2. The number of nitrogens with one attached hydrogen (secondary N) is 3. The van der Waals surface area contributed by atoms with E-state index in [0.29, 0.717) is 24.5 Å². The van der Waals surface area contributed by atoms with Crippen LogP contribution in [0.5, 0.6) is 0 Å². The highest BCUT2D eigenvalue weighted by Crippen LogP contribution is 2.27. The van der Waals surface area contributed by atoms with Crippen molar-refractivity contribution in [3.05, 3.63) is 35.9 Å². The molecule has 2 aliphatic rings. The first-order valence-corrected chi connectivity index (χ1v) is 10.2. The minimum Gasteiger partial charge on any atom is -0.352 e. The summed E-state index contributed by atoms with van der Waals surface area (Å²) in [5.41, 5.74) is 1.06. The molecule has 2 amide bonds. The van der Waals surface area contributed by atoms with E-state index in [1.165, 1.54) is 32.1 Å². The molecule has 0 radical (unpaired) electrons. The van der Waals surface area contributed by atoms with E-state index in [1.807, 2.05) is 30.3 Å². The van der Waals surface area contributed by atoms with Gasteiger partial charge in [-0.15, -0.1) is 0 Å². The van der Waals surface area contributed by atoms with Crippen molar-refractivity contribution in [2.24, 2.45) is 10.9 Å². The number of hydrogen-bond donors (Lipinski definition) is 3. The maximum atomic E-state index is 12.2. The lowest BCUT2D eigenvalue weighted by molar-refractivity contribution is -0.132. The van der Waals surface area contributed by atoms with E-state index in [9.17, 15) is 9.59 Å². The van der Waals surface area contributed by atoms with Crippen LogP contribution >= 0.6 is 0 Å². The second-order valence-electron chi connectivity index (χ2n) is 7.70. The summed E-state index contributed by atoms with van der Waals surface area (Å²) in [6, 6.07) is 10.2. The third-order valence-corrected chi connectivity index (χ3v) is 5.53. The highest BCUT2D eigenvalue weighted by molar-refractivity contribution is 5.89. The zero-order valence-electron chi connectivity index (χ0n) is 16.6. The highest BCUT2D eigenvalue weighted by Gasteiger charge is 2.27. The van der Waals surface area contributed by atoms with Crippen LogP contribution in [-0.4, -0.2) is 55.4 Å². The van der Waals surface area contributed by atoms with Crippen molar-refractivity contribution in [3.63, 3.8) is 0 Å². The summed E-state index contributed by atoms with van der Waals surface area (Å²) in [7, 11) is 1.74. The van der Waals surface area contributed by atoms with Crippen molar-refractivity contribution < 1.29 is 9.59 Å². The topological polar surface area (TPSA) is 85.8 Å². The Kier molecular flexibility index (Phi) is 7.28. The van der Waals surface area contributed by atoms with Crippen molar-refractivity contribution in [2.75, 3.05) is 26.7 Å². The number of guanidine groups is 1. The second kappa shape index (κ2) is 10.1. The molecule has 28 heavy (non-hydrogen) atoms. The molecule has 1 aromatic rings. The van der Waals surface area contributed by atoms with Crippen LogP contribution in [0.4, 0.5) is 0 Å². The van der Waals surface area contributed by atoms with Gasteiger partial charge in [0.15, 0.2) is 5.96 Å². The normalized spacial score (nSPS) is 19.5. The van der Waals surface area contributed by atoms with E-state index in [-0.39, 0.29) is 24.9 Å². The standard InChI is InChI=1S/C21H31N5O2/c1-26(15-16-8-4-2-5-9-16)20(28)14-22-19(27)13-24-21-23-12-18(25-21)17-10-6-3-7-11-17/h2,4-5,8-9,17-18H,3,6-7,10-15H2,1H3,(H,22,27)(H2,23,24,25). The largest absolute Gasteiger partial charge is 0.352 e. The predicted molar refractivity (Wildman–Crippen MR) is 110 cm³/mol. The Labute approximate surface area is 167 Å². The summed E-state index contributed by atoms with van der Waals surface area (Å²) in [6.07, 6.45) is 6.48. The van der Waals surface area contributed by atoms with E-state index in [2.05, 4.69) is 20.9 Å². The number of carbonyl (C=O) groups is 2. The number of hydrogen-bond acceptors (Lipinski definition) is 5. The first kappa shape index (κ1) is 20.2. The first-order chi connectivity index (χ1) is 13.6. The predicted octanol–water partition coefficient (Wildman–Crippen LogP) is 1.26. The van der Waals surface area contributed by atoms with Gasteiger partial charge in [-0.05, 0) is 24.3 Å². The fourth-order valence-electron chi connectivity index (χ4n) is 3.85. The average Bonchev–Trinajstić information content (AvgIpc) is 3.21. The van der Waals surface area contributed by atoms with Gasteiger partial charge >= 0.3 is 0 Å². The quantitative estimate of drug-likeness (QED) is 0.660. The molecule has 1 saturated carbocycles. The molecule has 0 saturated heterocycles. The number of likely N-dealkylation sites (N-methyl/N-ethyl adjacent to an activating group) is 1. The smallest absolute Gasteiger partial charge is 0.242 e. The zero-order valence-corrected chi connectivity index (χ0v) is 16.6. The van der Waals surface area contributed by atoms with Gasteiger partial charge in [0.25, 0.3) is 0 Å². The maximum Gasteiger partial charge on any atom is 0.242 e. The molecule has 1 heterocycles. The Hall–Kier alpha value is -2.57. The highest BCUT2D eigenvalue weighted by atomic mass is 16.2. The number of benzene rings is 1. The molecule has 0 spiro atoms. The molecule has 0 aromatic heterocycles. The average molecular weight is 386 g/mol. The van der Waals surface area contributed by atoms with Crippen LogP contribution in [0.2, 0.25) is 0 Å². The third-order valence-electron chi connectivity index (χ3n) is 5.53. The number of carbonyl (C=O) groups excluding carboxylic acids is 2. The molecular weight excluding hydrogens is 354 g/mol. The summed E-state index contributed by atoms with van der Waals surface area (Å²) in [6.45, 7) is 1.40. The van der Waals surface area contributed by atoms with Crippen LogP contribution in [0.25, 0.3) is 0 Å². The lowest BCUT2D eigenvalue weighted by Crippen LogP contribution is -2.47. The molecule has 7 heteroatoms. The summed E-state index contributed by atoms with van der Waals surface area (Å²) < 4.78 is 0. The fraction of sp³-hybridized carbons (Fsp3) is 0.571. The number of aliphatic imine (C=N–C) groups is 1. The second-order valence-corrected chi connectivity index (χ2v) is 7.70. The molecule has 1 unspecified atom stereocenters. The Morgan fingerprint density at radius 3 is 2.64 bits per heavy atom. The van der Waals surface area contributed by atoms with E-state index in [4.69, 9.17) is 0 Å². The summed E-state index contributed by atoms with van der Waals surface area (Å²) in [4.78, 5) is 30.3. The van der Waals surface area contributed by atoms with Gasteiger partial charge in [0.1, 0.15) is 0 Å². The summed E-state index contributed by atoms with van der Waals surface area (Å²) in [5.74, 6) is 1.04. The maximum absolute atomic E-state index is 12.2. The molecule has 0 bridgehead atoms. The molecular formula is C21H31N5O2. The summed E-state index contributed by atoms with van der Waals surface area (Å²) >= 11 is 0. The van der Waals surface area contributed by atoms with Crippen molar-refractivity contribution in [1.29, 1.82) is 0 Å². The Balaban J connectivity index is 1.31. The van der Waals surface area contributed by atoms with Gasteiger partial charge in [0.2, 0.25) is 11.8 Å². The SMILES string of the molecule is CN(Cc1ccccc1)C(=O)CNC(=O)CNC1=NCC(C2CCCCC2)N1. The fourth-order valence-corrected chi connectivity index (χ4v) is 3.85. The van der Waals surface area contributed by atoms with Crippen LogP contribution in [0, 0.1) is 5.92 Å². The Bertz CT molecular complexity index is 685. The van der Waals surface area contributed by atoms with Crippen LogP contribution in [0.3, 0.4) is 0 Å². The lowest BCUT2D eigenvalue weighted by Gasteiger charge is -2.27. The van der Waals surface area contributed by atoms with Crippen LogP contribution in [0.1, 0.15) is 37.7 Å². The molecule has 1 aromatic carbocycles. The van der Waals surface area contributed by atoms with E-state index in [1.54, 1.807) is 11.9 Å². The molecule has 1 fully saturated rings. The van der Waals surface area contributed by atoms with Gasteiger partial charge in [0, 0.05) is 13.6 Å². The molecule has 1 atom stereocenters. The molecule has 152 valence electrons. The Morgan fingerprint density at radius 1 is 1.14 bits per heavy atom. The van der Waals surface area contributed by atoms with Gasteiger partial charge < -0.3 is 20.9 Å². The number of amides is 2. The van der Waals surface area contributed by atoms with Crippen molar-refractivity contribution in [2.45, 2.75) is 44.7 Å².